The number of hydrogen-bond donors (Lipinski definition) is 0. The van der Waals surface area contributed by atoms with E-state index in [-0.39, 0.29) is 24.5 Å². The van der Waals surface area contributed by atoms with Gasteiger partial charge in [-0.25, -0.2) is 4.79 Å². The Bertz CT molecular complexity index is 467. The third-order valence-corrected chi connectivity index (χ3v) is 3.14. The normalized spacial score (nSPS) is 21.2. The van der Waals surface area contributed by atoms with E-state index in [0.717, 1.165) is 12.0 Å². The van der Waals surface area contributed by atoms with Gasteiger partial charge in [0.25, 0.3) is 0 Å². The molecule has 2 atom stereocenters. The van der Waals surface area contributed by atoms with E-state index in [1.165, 1.54) is 7.11 Å². The lowest BCUT2D eigenvalue weighted by Crippen LogP contribution is -2.08. The van der Waals surface area contributed by atoms with Crippen molar-refractivity contribution >= 4 is 11.9 Å². The first-order valence-corrected chi connectivity index (χ1v) is 5.95. The minimum atomic E-state index is -0.390. The van der Waals surface area contributed by atoms with Crippen LogP contribution < -0.4 is 0 Å². The van der Waals surface area contributed by atoms with Crippen molar-refractivity contribution in [1.82, 2.24) is 0 Å². The van der Waals surface area contributed by atoms with Crippen molar-refractivity contribution in [3.8, 4) is 0 Å². The van der Waals surface area contributed by atoms with Crippen molar-refractivity contribution in [2.45, 2.75) is 20.0 Å². The Kier molecular flexibility index (Phi) is 3.65. The summed E-state index contributed by atoms with van der Waals surface area (Å²) in [5.74, 6) is -0.0299. The van der Waals surface area contributed by atoms with E-state index < -0.39 is 0 Å². The van der Waals surface area contributed by atoms with E-state index in [1.807, 2.05) is 13.0 Å². The van der Waals surface area contributed by atoms with E-state index in [0.29, 0.717) is 11.5 Å². The molecule has 0 N–H and O–H groups in total. The molecule has 2 rings (SSSR count). The Balaban J connectivity index is 1.93. The quantitative estimate of drug-likeness (QED) is 0.766. The highest BCUT2D eigenvalue weighted by Crippen LogP contribution is 2.38. The Morgan fingerprint density at radius 1 is 1.39 bits per heavy atom. The Hall–Kier alpha value is -1.84. The Morgan fingerprint density at radius 3 is 2.72 bits per heavy atom. The van der Waals surface area contributed by atoms with Gasteiger partial charge in [0.1, 0.15) is 6.61 Å². The second-order valence-electron chi connectivity index (χ2n) is 4.62. The zero-order valence-electron chi connectivity index (χ0n) is 10.5. The molecule has 1 aromatic carbocycles. The highest BCUT2D eigenvalue weighted by atomic mass is 16.5. The van der Waals surface area contributed by atoms with Crippen LogP contribution in [0.2, 0.25) is 0 Å². The zero-order chi connectivity index (χ0) is 13.1. The molecule has 0 aromatic heterocycles. The molecule has 1 saturated carbocycles. The molecule has 1 fully saturated rings. The van der Waals surface area contributed by atoms with Gasteiger partial charge in [-0.15, -0.1) is 0 Å². The lowest BCUT2D eigenvalue weighted by molar-refractivity contribution is -0.146. The van der Waals surface area contributed by atoms with Crippen LogP contribution in [-0.4, -0.2) is 19.0 Å². The maximum absolute atomic E-state index is 11.6. The summed E-state index contributed by atoms with van der Waals surface area (Å²) in [7, 11) is 1.34. The SMILES string of the molecule is COC(=O)c1cccc(COC(=O)C2CC2C)c1. The van der Waals surface area contributed by atoms with Crippen LogP contribution in [0.3, 0.4) is 0 Å². The van der Waals surface area contributed by atoms with Crippen molar-refractivity contribution in [2.75, 3.05) is 7.11 Å². The minimum Gasteiger partial charge on any atom is -0.465 e. The average Bonchev–Trinajstić information content (AvgIpc) is 3.12. The molecule has 1 aromatic rings. The Labute approximate surface area is 106 Å². The average molecular weight is 248 g/mol. The molecule has 1 aliphatic rings. The topological polar surface area (TPSA) is 52.6 Å². The van der Waals surface area contributed by atoms with E-state index in [4.69, 9.17) is 4.74 Å². The second-order valence-corrected chi connectivity index (χ2v) is 4.62. The summed E-state index contributed by atoms with van der Waals surface area (Å²) in [5, 5.41) is 0. The summed E-state index contributed by atoms with van der Waals surface area (Å²) >= 11 is 0. The standard InChI is InChI=1S/C14H16O4/c1-9-6-12(9)14(16)18-8-10-4-3-5-11(7-10)13(15)17-2/h3-5,7,9,12H,6,8H2,1-2H3. The lowest BCUT2D eigenvalue weighted by Gasteiger charge is -2.05. The predicted octanol–water partition coefficient (Wildman–Crippen LogP) is 2.17. The molecule has 0 heterocycles. The monoisotopic (exact) mass is 248 g/mol. The summed E-state index contributed by atoms with van der Waals surface area (Å²) in [6.07, 6.45) is 0.918. The van der Waals surface area contributed by atoms with Gasteiger partial charge in [-0.3, -0.25) is 4.79 Å². The van der Waals surface area contributed by atoms with Gasteiger partial charge in [-0.05, 0) is 30.0 Å². The number of benzene rings is 1. The van der Waals surface area contributed by atoms with Gasteiger partial charge >= 0.3 is 11.9 Å². The maximum Gasteiger partial charge on any atom is 0.337 e. The number of ether oxygens (including phenoxy) is 2. The van der Waals surface area contributed by atoms with Gasteiger partial charge < -0.3 is 9.47 Å². The fourth-order valence-corrected chi connectivity index (χ4v) is 1.82. The van der Waals surface area contributed by atoms with Crippen LogP contribution in [0.5, 0.6) is 0 Å². The fourth-order valence-electron chi connectivity index (χ4n) is 1.82. The van der Waals surface area contributed by atoms with Crippen LogP contribution in [0.15, 0.2) is 24.3 Å². The van der Waals surface area contributed by atoms with E-state index in [1.54, 1.807) is 18.2 Å². The van der Waals surface area contributed by atoms with Crippen LogP contribution in [-0.2, 0) is 20.9 Å². The molecule has 0 bridgehead atoms. The van der Waals surface area contributed by atoms with Crippen molar-refractivity contribution in [3.63, 3.8) is 0 Å². The second kappa shape index (κ2) is 5.21. The Morgan fingerprint density at radius 2 is 2.11 bits per heavy atom. The van der Waals surface area contributed by atoms with E-state index >= 15 is 0 Å². The number of esters is 2. The highest BCUT2D eigenvalue weighted by Gasteiger charge is 2.40. The first-order chi connectivity index (χ1) is 8.61. The third-order valence-electron chi connectivity index (χ3n) is 3.14. The number of methoxy groups -OCH3 is 1. The zero-order valence-corrected chi connectivity index (χ0v) is 10.5. The first-order valence-electron chi connectivity index (χ1n) is 5.95. The molecule has 0 radical (unpaired) electrons. The van der Waals surface area contributed by atoms with Gasteiger partial charge in [0, 0.05) is 0 Å². The van der Waals surface area contributed by atoms with Crippen LogP contribution in [0.1, 0.15) is 29.3 Å². The van der Waals surface area contributed by atoms with Crippen LogP contribution in [0, 0.1) is 11.8 Å². The number of carbonyl (C=O) groups is 2. The van der Waals surface area contributed by atoms with Crippen LogP contribution in [0.25, 0.3) is 0 Å². The molecule has 0 amide bonds. The van der Waals surface area contributed by atoms with E-state index in [2.05, 4.69) is 4.74 Å². The minimum absolute atomic E-state index is 0.0637. The molecular weight excluding hydrogens is 232 g/mol. The van der Waals surface area contributed by atoms with E-state index in [9.17, 15) is 9.59 Å². The summed E-state index contributed by atoms with van der Waals surface area (Å²) < 4.78 is 9.83. The molecule has 4 nitrogen and oxygen atoms in total. The number of carbonyl (C=O) groups excluding carboxylic acids is 2. The first kappa shape index (κ1) is 12.6. The summed E-state index contributed by atoms with van der Waals surface area (Å²) in [6.45, 7) is 2.23. The predicted molar refractivity (Wildman–Crippen MR) is 64.8 cm³/mol. The molecule has 18 heavy (non-hydrogen) atoms. The number of rotatable bonds is 4. The molecule has 2 unspecified atom stereocenters. The van der Waals surface area contributed by atoms with Crippen molar-refractivity contribution < 1.29 is 19.1 Å². The fraction of sp³-hybridized carbons (Fsp3) is 0.429. The molecule has 0 saturated heterocycles. The van der Waals surface area contributed by atoms with Gasteiger partial charge in [-0.2, -0.15) is 0 Å². The molecule has 96 valence electrons. The molecule has 0 spiro atoms. The lowest BCUT2D eigenvalue weighted by atomic mass is 10.1. The van der Waals surface area contributed by atoms with Crippen LogP contribution in [0.4, 0.5) is 0 Å². The highest BCUT2D eigenvalue weighted by molar-refractivity contribution is 5.89. The van der Waals surface area contributed by atoms with Gasteiger partial charge in [-0.1, -0.05) is 19.1 Å². The summed E-state index contributed by atoms with van der Waals surface area (Å²) in [5.41, 5.74) is 1.25. The number of hydrogen-bond acceptors (Lipinski definition) is 4. The van der Waals surface area contributed by atoms with Gasteiger partial charge in [0.05, 0.1) is 18.6 Å². The maximum atomic E-state index is 11.6. The molecule has 1 aliphatic carbocycles. The third kappa shape index (κ3) is 2.88. The van der Waals surface area contributed by atoms with Crippen molar-refractivity contribution in [3.05, 3.63) is 35.4 Å². The molecule has 0 aliphatic heterocycles. The van der Waals surface area contributed by atoms with Gasteiger partial charge in [0.15, 0.2) is 0 Å². The van der Waals surface area contributed by atoms with Crippen LogP contribution >= 0.6 is 0 Å². The van der Waals surface area contributed by atoms with Crippen molar-refractivity contribution in [1.29, 1.82) is 0 Å². The van der Waals surface area contributed by atoms with Gasteiger partial charge in [0.2, 0.25) is 0 Å². The largest absolute Gasteiger partial charge is 0.465 e. The summed E-state index contributed by atoms with van der Waals surface area (Å²) in [4.78, 5) is 22.9. The smallest absolute Gasteiger partial charge is 0.337 e. The molecule has 4 heteroatoms. The summed E-state index contributed by atoms with van der Waals surface area (Å²) in [6, 6.07) is 6.90. The molecular formula is C14H16O4. The van der Waals surface area contributed by atoms with Crippen molar-refractivity contribution in [2.24, 2.45) is 11.8 Å².